The largest absolute Gasteiger partial charge is 0.255 e. The highest BCUT2D eigenvalue weighted by Crippen LogP contribution is 2.28. The van der Waals surface area contributed by atoms with Gasteiger partial charge in [0, 0.05) is 19.6 Å². The first-order chi connectivity index (χ1) is 19.7. The Morgan fingerprint density at radius 2 is 1.56 bits per heavy atom. The second kappa shape index (κ2) is 36.7. The molecule has 0 fully saturated rings. The summed E-state index contributed by atoms with van der Waals surface area (Å²) in [6.07, 6.45) is 19.3. The molecule has 1 aliphatic rings. The molecule has 0 aromatic rings. The SMILES string of the molecule is C=C(C)C[C@@H](CCCC)CCN(CCC)NCC.C=CC1=CC(C)=C=C(CC)[C@H](CC)C1.CC.CCC.CCCC. The van der Waals surface area contributed by atoms with E-state index in [1.54, 1.807) is 0 Å². The van der Waals surface area contributed by atoms with Gasteiger partial charge in [0.15, 0.2) is 0 Å². The van der Waals surface area contributed by atoms with Crippen molar-refractivity contribution in [2.24, 2.45) is 11.8 Å². The predicted octanol–water partition coefficient (Wildman–Crippen LogP) is 13.0. The molecule has 2 heteroatoms. The molecule has 0 aromatic carbocycles. The van der Waals surface area contributed by atoms with Gasteiger partial charge in [0.1, 0.15) is 0 Å². The number of nitrogens with zero attached hydrogens (tertiary/aromatic N) is 1. The summed E-state index contributed by atoms with van der Waals surface area (Å²) in [5.41, 5.74) is 12.4. The molecule has 244 valence electrons. The molecule has 41 heavy (non-hydrogen) atoms. The molecule has 0 aliphatic heterocycles. The maximum Gasteiger partial charge on any atom is 0.0133 e. The van der Waals surface area contributed by atoms with Gasteiger partial charge in [0.05, 0.1) is 0 Å². The zero-order valence-electron chi connectivity index (χ0n) is 30.8. The quantitative estimate of drug-likeness (QED) is 0.112. The van der Waals surface area contributed by atoms with Crippen molar-refractivity contribution in [3.05, 3.63) is 53.3 Å². The molecule has 2 atom stereocenters. The Morgan fingerprint density at radius 3 is 1.95 bits per heavy atom. The Balaban J connectivity index is -0.000000262. The van der Waals surface area contributed by atoms with Crippen LogP contribution >= 0.6 is 0 Å². The van der Waals surface area contributed by atoms with E-state index < -0.39 is 0 Å². The number of unbranched alkanes of at least 4 members (excludes halogenated alkanes) is 2. The van der Waals surface area contributed by atoms with Gasteiger partial charge in [-0.2, -0.15) is 0 Å². The smallest absolute Gasteiger partial charge is 0.0133 e. The van der Waals surface area contributed by atoms with Crippen molar-refractivity contribution in [3.8, 4) is 0 Å². The Kier molecular flexibility index (Phi) is 41.7. The molecule has 0 unspecified atom stereocenters. The summed E-state index contributed by atoms with van der Waals surface area (Å²) < 4.78 is 0. The number of hydrogen-bond donors (Lipinski definition) is 1. The third-order valence-electron chi connectivity index (χ3n) is 6.66. The van der Waals surface area contributed by atoms with Crippen LogP contribution in [0, 0.1) is 11.8 Å². The molecule has 1 rings (SSSR count). The van der Waals surface area contributed by atoms with Crippen LogP contribution in [0.25, 0.3) is 0 Å². The number of allylic oxidation sites excluding steroid dienone is 5. The molecule has 0 amide bonds. The topological polar surface area (TPSA) is 15.3 Å². The fourth-order valence-electron chi connectivity index (χ4n) is 4.48. The van der Waals surface area contributed by atoms with E-state index in [4.69, 9.17) is 0 Å². The van der Waals surface area contributed by atoms with E-state index in [2.05, 4.69) is 112 Å². The van der Waals surface area contributed by atoms with E-state index >= 15 is 0 Å². The molecular weight excluding hydrogens is 496 g/mol. The normalized spacial score (nSPS) is 14.5. The number of hydrazine groups is 1. The van der Waals surface area contributed by atoms with Gasteiger partial charge >= 0.3 is 0 Å². The van der Waals surface area contributed by atoms with Gasteiger partial charge in [-0.3, -0.25) is 5.43 Å². The predicted molar refractivity (Wildman–Crippen MR) is 194 cm³/mol. The van der Waals surface area contributed by atoms with Crippen molar-refractivity contribution in [3.63, 3.8) is 0 Å². The first-order valence-corrected chi connectivity index (χ1v) is 17.6. The van der Waals surface area contributed by atoms with Crippen molar-refractivity contribution < 1.29 is 0 Å². The van der Waals surface area contributed by atoms with Crippen molar-refractivity contribution in [1.29, 1.82) is 0 Å². The van der Waals surface area contributed by atoms with E-state index in [0.29, 0.717) is 5.92 Å². The van der Waals surface area contributed by atoms with E-state index in [1.165, 1.54) is 93.0 Å². The first-order valence-electron chi connectivity index (χ1n) is 17.6. The van der Waals surface area contributed by atoms with Gasteiger partial charge < -0.3 is 0 Å². The lowest BCUT2D eigenvalue weighted by Gasteiger charge is -2.25. The van der Waals surface area contributed by atoms with Gasteiger partial charge in [-0.15, -0.1) is 12.3 Å². The fraction of sp³-hybridized carbons (Fsp3) is 0.769. The van der Waals surface area contributed by atoms with Crippen molar-refractivity contribution in [2.45, 2.75) is 167 Å². The van der Waals surface area contributed by atoms with Crippen LogP contribution in [0.5, 0.6) is 0 Å². The second-order valence-electron chi connectivity index (χ2n) is 11.1. The molecular formula is C39H78N2. The summed E-state index contributed by atoms with van der Waals surface area (Å²) in [5.74, 6) is 1.49. The Morgan fingerprint density at radius 1 is 0.976 bits per heavy atom. The van der Waals surface area contributed by atoms with Gasteiger partial charge in [0.2, 0.25) is 0 Å². The molecule has 0 saturated heterocycles. The summed E-state index contributed by atoms with van der Waals surface area (Å²) in [6.45, 7) is 39.3. The van der Waals surface area contributed by atoms with E-state index in [9.17, 15) is 0 Å². The molecule has 0 bridgehead atoms. The minimum Gasteiger partial charge on any atom is -0.255 e. The van der Waals surface area contributed by atoms with Crippen LogP contribution in [-0.4, -0.2) is 24.6 Å². The molecule has 0 saturated carbocycles. The maximum atomic E-state index is 4.07. The lowest BCUT2D eigenvalue weighted by molar-refractivity contribution is 0.176. The summed E-state index contributed by atoms with van der Waals surface area (Å²) in [6, 6.07) is 0. The van der Waals surface area contributed by atoms with Crippen LogP contribution in [0.3, 0.4) is 0 Å². The van der Waals surface area contributed by atoms with E-state index in [-0.39, 0.29) is 0 Å². The van der Waals surface area contributed by atoms with E-state index in [0.717, 1.165) is 31.8 Å². The Labute approximate surface area is 261 Å². The minimum absolute atomic E-state index is 0.668. The molecule has 0 spiro atoms. The zero-order valence-corrected chi connectivity index (χ0v) is 30.8. The van der Waals surface area contributed by atoms with Gasteiger partial charge in [-0.05, 0) is 87.0 Å². The van der Waals surface area contributed by atoms with Gasteiger partial charge in [0.25, 0.3) is 0 Å². The van der Waals surface area contributed by atoms with Crippen molar-refractivity contribution in [1.82, 2.24) is 10.4 Å². The lowest BCUT2D eigenvalue weighted by Crippen LogP contribution is -2.39. The number of nitrogens with one attached hydrogen (secondary N) is 1. The minimum atomic E-state index is 0.668. The summed E-state index contributed by atoms with van der Waals surface area (Å²) in [7, 11) is 0. The van der Waals surface area contributed by atoms with Crippen LogP contribution in [0.4, 0.5) is 0 Å². The van der Waals surface area contributed by atoms with Crippen LogP contribution in [0.15, 0.2) is 53.3 Å². The highest BCUT2D eigenvalue weighted by atomic mass is 15.5. The molecule has 0 aromatic heterocycles. The summed E-state index contributed by atoms with van der Waals surface area (Å²) in [5, 5.41) is 2.39. The molecule has 2 nitrogen and oxygen atoms in total. The molecule has 0 radical (unpaired) electrons. The van der Waals surface area contributed by atoms with Crippen LogP contribution < -0.4 is 5.43 Å². The average molecular weight is 575 g/mol. The Bertz CT molecular complexity index is 655. The third kappa shape index (κ3) is 31.4. The zero-order chi connectivity index (χ0) is 32.5. The highest BCUT2D eigenvalue weighted by molar-refractivity contribution is 5.33. The summed E-state index contributed by atoms with van der Waals surface area (Å²) in [4.78, 5) is 0. The number of rotatable bonds is 16. The summed E-state index contributed by atoms with van der Waals surface area (Å²) >= 11 is 0. The first kappa shape index (κ1) is 46.6. The third-order valence-corrected chi connectivity index (χ3v) is 6.66. The monoisotopic (exact) mass is 575 g/mol. The Hall–Kier alpha value is -1.34. The molecule has 1 aliphatic carbocycles. The van der Waals surface area contributed by atoms with Crippen LogP contribution in [0.1, 0.15) is 167 Å². The average Bonchev–Trinajstić information content (AvgIpc) is 3.13. The van der Waals surface area contributed by atoms with Crippen LogP contribution in [-0.2, 0) is 0 Å². The van der Waals surface area contributed by atoms with Crippen molar-refractivity contribution >= 4 is 0 Å². The maximum absolute atomic E-state index is 4.07. The van der Waals surface area contributed by atoms with E-state index in [1.807, 2.05) is 19.9 Å². The standard InChI is InChI=1S/C16H34N2.C14H20.C4H10.C3H8.C2H6/c1-6-9-10-16(14-15(4)5)11-13-18(12-7-2)17-8-3;1-5-12-8-11(4)9-13(6-2)14(7-3)10-12;1-3-4-2;1-3-2;1-2/h16-17H,4,6-14H2,1-3,5H3;5,8,14H,1,6-7,10H2,2-4H3;3-4H2,1-2H3;3H2,1-2H3;1-2H3/t16-;14-;;;/m01.../s1. The lowest BCUT2D eigenvalue weighted by atomic mass is 9.89. The van der Waals surface area contributed by atoms with Gasteiger partial charge in [-0.1, -0.05) is 133 Å². The molecule has 1 N–H and O–H groups in total. The van der Waals surface area contributed by atoms with Crippen LogP contribution in [0.2, 0.25) is 0 Å². The second-order valence-corrected chi connectivity index (χ2v) is 11.1. The van der Waals surface area contributed by atoms with Crippen molar-refractivity contribution in [2.75, 3.05) is 19.6 Å². The number of hydrogen-bond acceptors (Lipinski definition) is 2. The highest BCUT2D eigenvalue weighted by Gasteiger charge is 2.14. The fourth-order valence-corrected chi connectivity index (χ4v) is 4.48. The molecule has 0 heterocycles. The van der Waals surface area contributed by atoms with Gasteiger partial charge in [-0.25, -0.2) is 5.01 Å².